The molecule has 1 aromatic carbocycles. The van der Waals surface area contributed by atoms with E-state index in [1.807, 2.05) is 38.4 Å². The number of methoxy groups -OCH3 is 1. The Labute approximate surface area is 209 Å². The van der Waals surface area contributed by atoms with Crippen molar-refractivity contribution in [1.29, 1.82) is 0 Å². The van der Waals surface area contributed by atoms with E-state index in [0.717, 1.165) is 25.1 Å². The monoisotopic (exact) mass is 495 g/mol. The Hall–Kier alpha value is -2.19. The molecule has 0 spiro atoms. The molecule has 0 radical (unpaired) electrons. The van der Waals surface area contributed by atoms with E-state index in [1.165, 1.54) is 39.2 Å². The van der Waals surface area contributed by atoms with Crippen LogP contribution in [0.15, 0.2) is 24.3 Å². The van der Waals surface area contributed by atoms with Gasteiger partial charge in [-0.2, -0.15) is 0 Å². The van der Waals surface area contributed by atoms with Crippen LogP contribution in [0.25, 0.3) is 0 Å². The van der Waals surface area contributed by atoms with Gasteiger partial charge >= 0.3 is 12.1 Å². The van der Waals surface area contributed by atoms with Crippen LogP contribution in [0, 0.1) is 5.92 Å². The zero-order valence-corrected chi connectivity index (χ0v) is 21.7. The van der Waals surface area contributed by atoms with Crippen molar-refractivity contribution in [3.05, 3.63) is 29.3 Å². The molecule has 1 saturated carbocycles. The minimum Gasteiger partial charge on any atom is -0.453 e. The van der Waals surface area contributed by atoms with Gasteiger partial charge in [0.25, 0.3) is 0 Å². The predicted molar refractivity (Wildman–Crippen MR) is 139 cm³/mol. The number of hydrogen-bond donors (Lipinski definition) is 3. The molecule has 0 aromatic heterocycles. The van der Waals surface area contributed by atoms with E-state index in [2.05, 4.69) is 25.6 Å². The minimum absolute atomic E-state index is 0.0468. The van der Waals surface area contributed by atoms with Gasteiger partial charge in [-0.15, -0.1) is 0 Å². The topological polar surface area (TPSA) is 85.9 Å². The molecule has 1 atom stereocenters. The molecule has 9 heteroatoms. The number of halogens is 1. The summed E-state index contributed by atoms with van der Waals surface area (Å²) in [5.74, 6) is 0.703. The van der Waals surface area contributed by atoms with Gasteiger partial charge in [-0.1, -0.05) is 49.8 Å². The van der Waals surface area contributed by atoms with E-state index in [9.17, 15) is 9.59 Å². The fraction of sp³-hybridized carbons (Fsp3) is 0.680. The maximum Gasteiger partial charge on any atom is 0.406 e. The van der Waals surface area contributed by atoms with E-state index in [-0.39, 0.29) is 12.1 Å². The van der Waals surface area contributed by atoms with E-state index < -0.39 is 6.09 Å². The maximum atomic E-state index is 12.9. The molecule has 0 aliphatic heterocycles. The van der Waals surface area contributed by atoms with Crippen LogP contribution in [0.5, 0.6) is 0 Å². The van der Waals surface area contributed by atoms with Gasteiger partial charge in [-0.25, -0.2) is 9.59 Å². The van der Waals surface area contributed by atoms with Crippen molar-refractivity contribution in [3.63, 3.8) is 0 Å². The molecule has 2 rings (SSSR count). The van der Waals surface area contributed by atoms with E-state index >= 15 is 0 Å². The highest BCUT2D eigenvalue weighted by Gasteiger charge is 2.21. The fourth-order valence-corrected chi connectivity index (χ4v) is 4.68. The van der Waals surface area contributed by atoms with Gasteiger partial charge in [0.15, 0.2) is 0 Å². The van der Waals surface area contributed by atoms with Crippen LogP contribution in [0.3, 0.4) is 0 Å². The fourth-order valence-electron chi connectivity index (χ4n) is 4.50. The normalized spacial score (nSPS) is 14.8. The Kier molecular flexibility index (Phi) is 12.9. The largest absolute Gasteiger partial charge is 0.453 e. The van der Waals surface area contributed by atoms with Crippen LogP contribution in [-0.4, -0.2) is 77.0 Å². The van der Waals surface area contributed by atoms with Crippen LogP contribution in [0.1, 0.15) is 44.9 Å². The summed E-state index contributed by atoms with van der Waals surface area (Å²) in [5.41, 5.74) is 0.990. The Morgan fingerprint density at radius 2 is 1.94 bits per heavy atom. The van der Waals surface area contributed by atoms with Gasteiger partial charge < -0.3 is 30.5 Å². The lowest BCUT2D eigenvalue weighted by Gasteiger charge is -2.30. The average Bonchev–Trinajstić information content (AvgIpc) is 2.83. The van der Waals surface area contributed by atoms with E-state index in [0.29, 0.717) is 37.1 Å². The molecule has 8 nitrogen and oxygen atoms in total. The first-order chi connectivity index (χ1) is 16.4. The van der Waals surface area contributed by atoms with Crippen LogP contribution in [0.2, 0.25) is 5.02 Å². The number of rotatable bonds is 13. The third-order valence-electron chi connectivity index (χ3n) is 6.41. The summed E-state index contributed by atoms with van der Waals surface area (Å²) in [7, 11) is 5.12. The number of urea groups is 1. The second-order valence-electron chi connectivity index (χ2n) is 9.10. The van der Waals surface area contributed by atoms with Crippen molar-refractivity contribution in [2.24, 2.45) is 5.92 Å². The van der Waals surface area contributed by atoms with Gasteiger partial charge in [0.05, 0.1) is 7.11 Å². The van der Waals surface area contributed by atoms with E-state index in [4.69, 9.17) is 11.6 Å². The van der Waals surface area contributed by atoms with Gasteiger partial charge in [0.2, 0.25) is 0 Å². The molecule has 1 aliphatic carbocycles. The molecule has 0 saturated heterocycles. The lowest BCUT2D eigenvalue weighted by atomic mass is 9.85. The molecule has 3 N–H and O–H groups in total. The van der Waals surface area contributed by atoms with Crippen LogP contribution < -0.4 is 20.9 Å². The average molecular weight is 496 g/mol. The van der Waals surface area contributed by atoms with Gasteiger partial charge in [0.1, 0.15) is 0 Å². The molecule has 192 valence electrons. The van der Waals surface area contributed by atoms with Crippen LogP contribution in [0.4, 0.5) is 15.3 Å². The summed E-state index contributed by atoms with van der Waals surface area (Å²) in [4.78, 5) is 28.2. The van der Waals surface area contributed by atoms with Crippen molar-refractivity contribution in [2.75, 3.05) is 58.8 Å². The number of carbonyl (C=O) groups excluding carboxylic acids is 2. The highest BCUT2D eigenvalue weighted by molar-refractivity contribution is 6.30. The summed E-state index contributed by atoms with van der Waals surface area (Å²) in [6, 6.07) is 7.78. The SMILES string of the molecule is CNCC(CC1CCCCC1)NC(=O)N(C)CCN(CCCNC(=O)OC)c1cccc(Cl)c1. The van der Waals surface area contributed by atoms with Gasteiger partial charge in [-0.3, -0.25) is 0 Å². The first-order valence-electron chi connectivity index (χ1n) is 12.4. The summed E-state index contributed by atoms with van der Waals surface area (Å²) < 4.78 is 4.62. The number of hydrogen-bond acceptors (Lipinski definition) is 5. The standard InChI is InChI=1S/C25H42ClN5O3/c1-27-19-22(17-20-9-5-4-6-10-20)29-24(32)30(2)15-16-31(14-8-13-28-25(33)34-3)23-12-7-11-21(26)18-23/h7,11-12,18,20,22,27H,4-6,8-10,13-17,19H2,1-3H3,(H,28,33)(H,29,32). The Bertz CT molecular complexity index is 745. The van der Waals surface area contributed by atoms with Crippen molar-refractivity contribution in [2.45, 2.75) is 51.0 Å². The summed E-state index contributed by atoms with van der Waals surface area (Å²) in [5, 5.41) is 9.83. The molecule has 34 heavy (non-hydrogen) atoms. The molecule has 0 heterocycles. The summed E-state index contributed by atoms with van der Waals surface area (Å²) >= 11 is 6.21. The quantitative estimate of drug-likeness (QED) is 0.359. The third-order valence-corrected chi connectivity index (χ3v) is 6.64. The van der Waals surface area contributed by atoms with Crippen LogP contribution >= 0.6 is 11.6 Å². The third kappa shape index (κ3) is 10.4. The second kappa shape index (κ2) is 15.7. The highest BCUT2D eigenvalue weighted by Crippen LogP contribution is 2.27. The number of ether oxygens (including phenoxy) is 1. The summed E-state index contributed by atoms with van der Waals surface area (Å²) in [6.45, 7) is 3.22. The Morgan fingerprint density at radius 1 is 1.18 bits per heavy atom. The predicted octanol–water partition coefficient (Wildman–Crippen LogP) is 4.09. The maximum absolute atomic E-state index is 12.9. The number of anilines is 1. The minimum atomic E-state index is -0.435. The molecule has 1 fully saturated rings. The van der Waals surface area contributed by atoms with Crippen LogP contribution in [-0.2, 0) is 4.74 Å². The highest BCUT2D eigenvalue weighted by atomic mass is 35.5. The molecular weight excluding hydrogens is 454 g/mol. The summed E-state index contributed by atoms with van der Waals surface area (Å²) in [6.07, 6.45) is 7.82. The van der Waals surface area contributed by atoms with E-state index in [1.54, 1.807) is 4.90 Å². The lowest BCUT2D eigenvalue weighted by molar-refractivity contribution is 0.171. The Balaban J connectivity index is 1.89. The molecule has 3 amide bonds. The number of amides is 3. The number of benzene rings is 1. The molecule has 1 aliphatic rings. The Morgan fingerprint density at radius 3 is 2.62 bits per heavy atom. The molecule has 1 unspecified atom stereocenters. The first kappa shape index (κ1) is 28.1. The first-order valence-corrected chi connectivity index (χ1v) is 12.8. The number of carbonyl (C=O) groups is 2. The second-order valence-corrected chi connectivity index (χ2v) is 9.54. The number of likely N-dealkylation sites (N-methyl/N-ethyl adjacent to an activating group) is 2. The zero-order chi connectivity index (χ0) is 24.8. The molecule has 0 bridgehead atoms. The smallest absolute Gasteiger partial charge is 0.406 e. The number of nitrogens with one attached hydrogen (secondary N) is 3. The lowest BCUT2D eigenvalue weighted by Crippen LogP contribution is -2.49. The van der Waals surface area contributed by atoms with Gasteiger partial charge in [-0.05, 0) is 44.0 Å². The van der Waals surface area contributed by atoms with Gasteiger partial charge in [0, 0.05) is 56.5 Å². The van der Waals surface area contributed by atoms with Crippen molar-refractivity contribution in [1.82, 2.24) is 20.9 Å². The number of nitrogens with zero attached hydrogens (tertiary/aromatic N) is 2. The molecule has 1 aromatic rings. The van der Waals surface area contributed by atoms with Crippen molar-refractivity contribution < 1.29 is 14.3 Å². The number of alkyl carbamates (subject to hydrolysis) is 1. The van der Waals surface area contributed by atoms with Crippen molar-refractivity contribution >= 4 is 29.4 Å². The zero-order valence-electron chi connectivity index (χ0n) is 20.9. The van der Waals surface area contributed by atoms with Crippen molar-refractivity contribution in [3.8, 4) is 0 Å². The molecular formula is C25H42ClN5O3.